The largest absolute Gasteiger partial charge is 0.433 e. The maximum atomic E-state index is 12.8. The van der Waals surface area contributed by atoms with Crippen molar-refractivity contribution in [2.45, 2.75) is 19.6 Å². The van der Waals surface area contributed by atoms with Gasteiger partial charge in [-0.05, 0) is 56.4 Å². The van der Waals surface area contributed by atoms with Crippen molar-refractivity contribution in [1.29, 1.82) is 0 Å². The number of anilines is 1. The number of rotatable bonds is 4. The average molecular weight is 393 g/mol. The highest BCUT2D eigenvalue weighted by atomic mass is 32.1. The van der Waals surface area contributed by atoms with E-state index in [1.807, 2.05) is 31.1 Å². The third-order valence-electron chi connectivity index (χ3n) is 4.01. The van der Waals surface area contributed by atoms with E-state index in [2.05, 4.69) is 10.3 Å². The molecule has 4 nitrogen and oxygen atoms in total. The molecule has 8 heteroatoms. The maximum Gasteiger partial charge on any atom is 0.433 e. The predicted molar refractivity (Wildman–Crippen MR) is 101 cm³/mol. The number of hydrogen-bond donors (Lipinski definition) is 1. The lowest BCUT2D eigenvalue weighted by molar-refractivity contribution is -0.140. The lowest BCUT2D eigenvalue weighted by Gasteiger charge is -2.10. The molecule has 0 saturated heterocycles. The number of fused-ring (bicyclic) bond motifs is 1. The van der Waals surface area contributed by atoms with Crippen molar-refractivity contribution in [1.82, 2.24) is 9.88 Å². The SMILES string of the molecule is Cc1c(C(=O)Nc2ccc(CN(C)C)cc2)sc2nc(C(F)(F)F)ccc12. The fourth-order valence-corrected chi connectivity index (χ4v) is 3.80. The molecule has 3 rings (SSSR count). The molecule has 0 fully saturated rings. The van der Waals surface area contributed by atoms with E-state index < -0.39 is 11.9 Å². The molecule has 0 aliphatic heterocycles. The second kappa shape index (κ2) is 7.28. The summed E-state index contributed by atoms with van der Waals surface area (Å²) in [6, 6.07) is 9.75. The van der Waals surface area contributed by atoms with Crippen LogP contribution in [0.5, 0.6) is 0 Å². The van der Waals surface area contributed by atoms with E-state index in [1.165, 1.54) is 6.07 Å². The molecule has 2 aromatic heterocycles. The van der Waals surface area contributed by atoms with Crippen LogP contribution in [0, 0.1) is 6.92 Å². The van der Waals surface area contributed by atoms with E-state index >= 15 is 0 Å². The molecule has 0 spiro atoms. The van der Waals surface area contributed by atoms with Crippen LogP contribution in [-0.4, -0.2) is 29.9 Å². The second-order valence-electron chi connectivity index (χ2n) is 6.49. The number of thiophene rings is 1. The summed E-state index contributed by atoms with van der Waals surface area (Å²) in [5.41, 5.74) is 1.40. The molecule has 1 N–H and O–H groups in total. The summed E-state index contributed by atoms with van der Waals surface area (Å²) < 4.78 is 38.5. The molecule has 142 valence electrons. The Morgan fingerprint density at radius 3 is 2.41 bits per heavy atom. The van der Waals surface area contributed by atoms with Crippen LogP contribution in [0.3, 0.4) is 0 Å². The third kappa shape index (κ3) is 4.28. The molecule has 1 amide bonds. The van der Waals surface area contributed by atoms with Gasteiger partial charge in [-0.25, -0.2) is 4.98 Å². The topological polar surface area (TPSA) is 45.2 Å². The van der Waals surface area contributed by atoms with E-state index in [9.17, 15) is 18.0 Å². The van der Waals surface area contributed by atoms with Gasteiger partial charge in [-0.3, -0.25) is 4.79 Å². The first-order valence-electron chi connectivity index (χ1n) is 8.17. The molecule has 0 radical (unpaired) electrons. The summed E-state index contributed by atoms with van der Waals surface area (Å²) in [6.07, 6.45) is -4.51. The Morgan fingerprint density at radius 1 is 1.15 bits per heavy atom. The zero-order valence-corrected chi connectivity index (χ0v) is 15.8. The Morgan fingerprint density at radius 2 is 1.81 bits per heavy atom. The normalized spacial score (nSPS) is 12.0. The molecule has 1 aromatic carbocycles. The molecular weight excluding hydrogens is 375 g/mol. The summed E-state index contributed by atoms with van der Waals surface area (Å²) in [5.74, 6) is -0.357. The molecule has 0 aliphatic rings. The van der Waals surface area contributed by atoms with Gasteiger partial charge in [0, 0.05) is 17.6 Å². The number of carbonyl (C=O) groups excluding carboxylic acids is 1. The number of amides is 1. The van der Waals surface area contributed by atoms with Gasteiger partial charge in [0.25, 0.3) is 5.91 Å². The average Bonchev–Trinajstić information content (AvgIpc) is 2.92. The van der Waals surface area contributed by atoms with Crippen LogP contribution in [0.4, 0.5) is 18.9 Å². The van der Waals surface area contributed by atoms with Gasteiger partial charge in [-0.15, -0.1) is 11.3 Å². The van der Waals surface area contributed by atoms with Crippen LogP contribution < -0.4 is 5.32 Å². The molecule has 3 aromatic rings. The Bertz CT molecular complexity index is 978. The summed E-state index contributed by atoms with van der Waals surface area (Å²) in [5, 5.41) is 3.35. The van der Waals surface area contributed by atoms with Crippen LogP contribution >= 0.6 is 11.3 Å². The molecule has 0 aliphatic carbocycles. The van der Waals surface area contributed by atoms with Crippen LogP contribution in [0.25, 0.3) is 10.2 Å². The number of pyridine rings is 1. The van der Waals surface area contributed by atoms with Gasteiger partial charge in [0.1, 0.15) is 10.5 Å². The Balaban J connectivity index is 1.84. The third-order valence-corrected chi connectivity index (χ3v) is 5.21. The Labute approximate surface area is 158 Å². The van der Waals surface area contributed by atoms with Crippen molar-refractivity contribution >= 4 is 33.1 Å². The molecular formula is C19H18F3N3OS. The number of nitrogens with one attached hydrogen (secondary N) is 1. The number of aryl methyl sites for hydroxylation is 1. The number of nitrogens with zero attached hydrogens (tertiary/aromatic N) is 2. The summed E-state index contributed by atoms with van der Waals surface area (Å²) in [7, 11) is 3.94. The van der Waals surface area contributed by atoms with E-state index in [0.29, 0.717) is 21.5 Å². The maximum absolute atomic E-state index is 12.8. The minimum absolute atomic E-state index is 0.203. The first kappa shape index (κ1) is 19.3. The van der Waals surface area contributed by atoms with Crippen LogP contribution in [0.1, 0.15) is 26.5 Å². The van der Waals surface area contributed by atoms with Crippen molar-refractivity contribution < 1.29 is 18.0 Å². The molecule has 2 heterocycles. The summed E-state index contributed by atoms with van der Waals surface area (Å²) in [4.78, 5) is 18.9. The highest BCUT2D eigenvalue weighted by molar-refractivity contribution is 7.20. The van der Waals surface area contributed by atoms with E-state index in [4.69, 9.17) is 0 Å². The van der Waals surface area contributed by atoms with E-state index in [0.717, 1.165) is 29.5 Å². The molecule has 0 saturated carbocycles. The summed E-state index contributed by atoms with van der Waals surface area (Å²) in [6.45, 7) is 2.50. The number of alkyl halides is 3. The van der Waals surface area contributed by atoms with Gasteiger partial charge >= 0.3 is 6.18 Å². The predicted octanol–water partition coefficient (Wildman–Crippen LogP) is 4.94. The highest BCUT2D eigenvalue weighted by Crippen LogP contribution is 2.34. The van der Waals surface area contributed by atoms with Crippen LogP contribution in [0.15, 0.2) is 36.4 Å². The Kier molecular flexibility index (Phi) is 5.21. The van der Waals surface area contributed by atoms with Gasteiger partial charge in [-0.2, -0.15) is 13.2 Å². The minimum Gasteiger partial charge on any atom is -0.321 e. The number of aromatic nitrogens is 1. The first-order chi connectivity index (χ1) is 12.6. The smallest absolute Gasteiger partial charge is 0.321 e. The van der Waals surface area contributed by atoms with Crippen molar-refractivity contribution in [2.24, 2.45) is 0 Å². The summed E-state index contributed by atoms with van der Waals surface area (Å²) >= 11 is 0.963. The van der Waals surface area contributed by atoms with Crippen molar-refractivity contribution in [2.75, 3.05) is 19.4 Å². The van der Waals surface area contributed by atoms with Gasteiger partial charge in [0.2, 0.25) is 0 Å². The first-order valence-corrected chi connectivity index (χ1v) is 8.99. The van der Waals surface area contributed by atoms with Crippen molar-refractivity contribution in [3.8, 4) is 0 Å². The van der Waals surface area contributed by atoms with Gasteiger partial charge in [0.05, 0.1) is 4.88 Å². The Hall–Kier alpha value is -2.45. The lowest BCUT2D eigenvalue weighted by Crippen LogP contribution is -2.12. The zero-order valence-electron chi connectivity index (χ0n) is 15.0. The van der Waals surface area contributed by atoms with Crippen LogP contribution in [-0.2, 0) is 12.7 Å². The quantitative estimate of drug-likeness (QED) is 0.683. The fraction of sp³-hybridized carbons (Fsp3) is 0.263. The fourth-order valence-electron chi connectivity index (χ4n) is 2.72. The van der Waals surface area contributed by atoms with Gasteiger partial charge < -0.3 is 10.2 Å². The van der Waals surface area contributed by atoms with E-state index in [-0.39, 0.29) is 10.7 Å². The van der Waals surface area contributed by atoms with E-state index in [1.54, 1.807) is 19.1 Å². The van der Waals surface area contributed by atoms with Gasteiger partial charge in [0.15, 0.2) is 0 Å². The molecule has 0 bridgehead atoms. The van der Waals surface area contributed by atoms with Crippen LogP contribution in [0.2, 0.25) is 0 Å². The molecule has 27 heavy (non-hydrogen) atoms. The molecule has 0 atom stereocenters. The number of halogens is 3. The highest BCUT2D eigenvalue weighted by Gasteiger charge is 2.33. The monoisotopic (exact) mass is 393 g/mol. The lowest BCUT2D eigenvalue weighted by atomic mass is 10.1. The van der Waals surface area contributed by atoms with Crippen molar-refractivity contribution in [3.05, 3.63) is 58.1 Å². The number of carbonyl (C=O) groups is 1. The second-order valence-corrected chi connectivity index (χ2v) is 7.49. The number of benzene rings is 1. The van der Waals surface area contributed by atoms with Crippen molar-refractivity contribution in [3.63, 3.8) is 0 Å². The van der Waals surface area contributed by atoms with Gasteiger partial charge in [-0.1, -0.05) is 12.1 Å². The zero-order chi connectivity index (χ0) is 19.8. The minimum atomic E-state index is -4.51. The molecule has 0 unspecified atom stereocenters. The number of hydrogen-bond acceptors (Lipinski definition) is 4. The standard InChI is InChI=1S/C19H18F3N3OS/c1-11-14-8-9-15(19(20,21)22)24-18(14)27-16(11)17(26)23-13-6-4-12(5-7-13)10-25(2)3/h4-9H,10H2,1-3H3,(H,23,26).